The molecule has 10 heteroatoms. The van der Waals surface area contributed by atoms with Crippen LogP contribution in [0, 0.1) is 6.92 Å². The van der Waals surface area contributed by atoms with Gasteiger partial charge in [0, 0.05) is 12.6 Å². The first-order valence-corrected chi connectivity index (χ1v) is 11.7. The smallest absolute Gasteiger partial charge is 0.408 e. The molecule has 0 saturated carbocycles. The topological polar surface area (TPSA) is 134 Å². The van der Waals surface area contributed by atoms with Crippen LogP contribution in [0.2, 0.25) is 0 Å². The van der Waals surface area contributed by atoms with Crippen LogP contribution in [-0.2, 0) is 23.9 Å². The quantitative estimate of drug-likeness (QED) is 0.402. The van der Waals surface area contributed by atoms with Crippen molar-refractivity contribution in [3.05, 3.63) is 35.4 Å². The second-order valence-electron chi connectivity index (χ2n) is 9.33. The van der Waals surface area contributed by atoms with Crippen LogP contribution < -0.4 is 10.6 Å². The Kier molecular flexibility index (Phi) is 11.7. The molecular weight excluding hydrogens is 454 g/mol. The van der Waals surface area contributed by atoms with Crippen molar-refractivity contribution in [2.24, 2.45) is 0 Å². The minimum Gasteiger partial charge on any atom is -0.466 e. The van der Waals surface area contributed by atoms with E-state index in [0.717, 1.165) is 5.56 Å². The van der Waals surface area contributed by atoms with E-state index in [2.05, 4.69) is 10.6 Å². The summed E-state index contributed by atoms with van der Waals surface area (Å²) in [5, 5.41) is 15.0. The monoisotopic (exact) mass is 493 g/mol. The molecule has 1 aromatic carbocycles. The zero-order chi connectivity index (χ0) is 26.8. The van der Waals surface area contributed by atoms with Crippen molar-refractivity contribution >= 4 is 23.9 Å². The number of benzene rings is 1. The molecule has 2 unspecified atom stereocenters. The Hall–Kier alpha value is -3.14. The number of aliphatic hydroxyl groups is 1. The highest BCUT2D eigenvalue weighted by atomic mass is 16.6. The Morgan fingerprint density at radius 3 is 2.26 bits per heavy atom. The van der Waals surface area contributed by atoms with E-state index in [0.29, 0.717) is 5.56 Å². The number of nitrogens with zero attached hydrogens (tertiary/aromatic N) is 1. The normalized spacial score (nSPS) is 12.9. The molecule has 0 aromatic heterocycles. The fraction of sp³-hybridized carbons (Fsp3) is 0.600. The number of aliphatic hydroxyl groups excluding tert-OH is 1. The molecule has 0 aliphatic rings. The highest BCUT2D eigenvalue weighted by Gasteiger charge is 2.38. The number of alkyl carbamates (subject to hydrolysis) is 1. The lowest BCUT2D eigenvalue weighted by molar-refractivity contribution is -0.146. The maximum absolute atomic E-state index is 13.6. The first kappa shape index (κ1) is 29.9. The van der Waals surface area contributed by atoms with Crippen molar-refractivity contribution in [2.45, 2.75) is 78.6 Å². The maximum atomic E-state index is 13.6. The van der Waals surface area contributed by atoms with Crippen LogP contribution in [0.1, 0.15) is 65.1 Å². The third-order valence-electron chi connectivity index (χ3n) is 4.93. The van der Waals surface area contributed by atoms with E-state index in [4.69, 9.17) is 9.47 Å². The van der Waals surface area contributed by atoms with Crippen molar-refractivity contribution in [1.82, 2.24) is 15.5 Å². The standard InChI is InChI=1S/C25H39N3O7/c1-8-34-20(30)13-14-26-22(31)21(18-12-10-9-11-17(18)4)28(16(2)3)23(32)19(15-29)27-24(33)35-25(5,6)7/h9-12,16,19,21,29H,8,13-15H2,1-7H3,(H,26,31)(H,27,33). The lowest BCUT2D eigenvalue weighted by Crippen LogP contribution is -2.56. The summed E-state index contributed by atoms with van der Waals surface area (Å²) in [7, 11) is 0. The number of carbonyl (C=O) groups excluding carboxylic acids is 4. The Balaban J connectivity index is 3.28. The molecule has 196 valence electrons. The van der Waals surface area contributed by atoms with Gasteiger partial charge in [-0.3, -0.25) is 14.4 Å². The number of hydrogen-bond donors (Lipinski definition) is 3. The van der Waals surface area contributed by atoms with E-state index in [1.165, 1.54) is 4.90 Å². The van der Waals surface area contributed by atoms with Crippen molar-refractivity contribution < 1.29 is 33.8 Å². The van der Waals surface area contributed by atoms with Gasteiger partial charge in [-0.25, -0.2) is 4.79 Å². The van der Waals surface area contributed by atoms with Gasteiger partial charge in [0.1, 0.15) is 17.7 Å². The van der Waals surface area contributed by atoms with E-state index < -0.39 is 54.2 Å². The van der Waals surface area contributed by atoms with Crippen LogP contribution in [0.4, 0.5) is 4.79 Å². The second kappa shape index (κ2) is 13.7. The fourth-order valence-electron chi connectivity index (χ4n) is 3.42. The van der Waals surface area contributed by atoms with Crippen LogP contribution in [0.15, 0.2) is 24.3 Å². The summed E-state index contributed by atoms with van der Waals surface area (Å²) in [6, 6.07) is 4.26. The van der Waals surface area contributed by atoms with Gasteiger partial charge < -0.3 is 30.1 Å². The van der Waals surface area contributed by atoms with E-state index in [-0.39, 0.29) is 19.6 Å². The van der Waals surface area contributed by atoms with Crippen LogP contribution in [0.25, 0.3) is 0 Å². The Labute approximate surface area is 207 Å². The summed E-state index contributed by atoms with van der Waals surface area (Å²) in [6.07, 6.45) is -0.880. The molecule has 1 aromatic rings. The number of rotatable bonds is 11. The van der Waals surface area contributed by atoms with Gasteiger partial charge in [0.05, 0.1) is 19.6 Å². The average molecular weight is 494 g/mol. The van der Waals surface area contributed by atoms with Crippen LogP contribution in [0.5, 0.6) is 0 Å². The molecule has 10 nitrogen and oxygen atoms in total. The van der Waals surface area contributed by atoms with E-state index in [1.54, 1.807) is 53.7 Å². The first-order valence-electron chi connectivity index (χ1n) is 11.7. The molecule has 0 aliphatic carbocycles. The van der Waals surface area contributed by atoms with Crippen molar-refractivity contribution in [2.75, 3.05) is 19.8 Å². The molecule has 0 radical (unpaired) electrons. The van der Waals surface area contributed by atoms with Crippen LogP contribution >= 0.6 is 0 Å². The zero-order valence-electron chi connectivity index (χ0n) is 21.7. The minimum atomic E-state index is -1.33. The third kappa shape index (κ3) is 9.56. The average Bonchev–Trinajstić information content (AvgIpc) is 2.74. The van der Waals surface area contributed by atoms with Crippen molar-refractivity contribution in [3.63, 3.8) is 0 Å². The first-order chi connectivity index (χ1) is 16.3. The summed E-state index contributed by atoms with van der Waals surface area (Å²) in [4.78, 5) is 52.2. The predicted molar refractivity (Wildman–Crippen MR) is 130 cm³/mol. The van der Waals surface area contributed by atoms with Gasteiger partial charge in [-0.05, 0) is 59.6 Å². The number of ether oxygens (including phenoxy) is 2. The predicted octanol–water partition coefficient (Wildman–Crippen LogP) is 2.23. The SMILES string of the molecule is CCOC(=O)CCNC(=O)C(c1ccccc1C)N(C(=O)C(CO)NC(=O)OC(C)(C)C)C(C)C. The number of amides is 3. The van der Waals surface area contributed by atoms with E-state index in [1.807, 2.05) is 19.1 Å². The lowest BCUT2D eigenvalue weighted by atomic mass is 9.97. The second-order valence-corrected chi connectivity index (χ2v) is 9.33. The fourth-order valence-corrected chi connectivity index (χ4v) is 3.42. The van der Waals surface area contributed by atoms with E-state index >= 15 is 0 Å². The molecule has 0 bridgehead atoms. The van der Waals surface area contributed by atoms with Gasteiger partial charge >= 0.3 is 12.1 Å². The molecule has 0 heterocycles. The molecule has 2 atom stereocenters. The Morgan fingerprint density at radius 2 is 1.74 bits per heavy atom. The number of hydrogen-bond acceptors (Lipinski definition) is 7. The zero-order valence-corrected chi connectivity index (χ0v) is 21.7. The number of aryl methyl sites for hydroxylation is 1. The van der Waals surface area contributed by atoms with Crippen molar-refractivity contribution in [1.29, 1.82) is 0 Å². The van der Waals surface area contributed by atoms with Gasteiger partial charge in [-0.2, -0.15) is 0 Å². The molecule has 3 amide bonds. The summed E-state index contributed by atoms with van der Waals surface area (Å²) < 4.78 is 10.1. The van der Waals surface area contributed by atoms with Crippen molar-refractivity contribution in [3.8, 4) is 0 Å². The van der Waals surface area contributed by atoms with Gasteiger partial charge in [-0.15, -0.1) is 0 Å². The summed E-state index contributed by atoms with van der Waals surface area (Å²) in [5.41, 5.74) is 0.558. The largest absolute Gasteiger partial charge is 0.466 e. The molecule has 1 rings (SSSR count). The van der Waals surface area contributed by atoms with Gasteiger partial charge in [-0.1, -0.05) is 24.3 Å². The summed E-state index contributed by atoms with van der Waals surface area (Å²) in [5.74, 6) is -1.60. The Bertz CT molecular complexity index is 880. The molecule has 3 N–H and O–H groups in total. The molecule has 0 aliphatic heterocycles. The van der Waals surface area contributed by atoms with Crippen LogP contribution in [-0.4, -0.2) is 71.3 Å². The van der Waals surface area contributed by atoms with Gasteiger partial charge in [0.25, 0.3) is 0 Å². The molecule has 0 saturated heterocycles. The number of carbonyl (C=O) groups is 4. The Morgan fingerprint density at radius 1 is 1.11 bits per heavy atom. The highest BCUT2D eigenvalue weighted by molar-refractivity contribution is 5.92. The number of nitrogens with one attached hydrogen (secondary N) is 2. The maximum Gasteiger partial charge on any atom is 0.408 e. The van der Waals surface area contributed by atoms with E-state index in [9.17, 15) is 24.3 Å². The van der Waals surface area contributed by atoms with Crippen LogP contribution in [0.3, 0.4) is 0 Å². The summed E-state index contributed by atoms with van der Waals surface area (Å²) >= 11 is 0. The third-order valence-corrected chi connectivity index (χ3v) is 4.93. The highest BCUT2D eigenvalue weighted by Crippen LogP contribution is 2.27. The number of esters is 1. The lowest BCUT2D eigenvalue weighted by Gasteiger charge is -2.37. The summed E-state index contributed by atoms with van der Waals surface area (Å²) in [6.45, 7) is 11.6. The minimum absolute atomic E-state index is 0.0187. The van der Waals surface area contributed by atoms with Gasteiger partial charge in [0.15, 0.2) is 0 Å². The molecular formula is C25H39N3O7. The molecule has 0 spiro atoms. The van der Waals surface area contributed by atoms with Gasteiger partial charge in [0.2, 0.25) is 11.8 Å². The molecule has 35 heavy (non-hydrogen) atoms. The molecule has 0 fully saturated rings.